The molecule has 0 aliphatic carbocycles. The lowest BCUT2D eigenvalue weighted by molar-refractivity contribution is 0.0997. The van der Waals surface area contributed by atoms with Gasteiger partial charge in [-0.3, -0.25) is 9.69 Å². The van der Waals surface area contributed by atoms with Crippen molar-refractivity contribution >= 4 is 28.5 Å². The number of amides is 2. The van der Waals surface area contributed by atoms with Gasteiger partial charge in [0.2, 0.25) is 0 Å². The van der Waals surface area contributed by atoms with Crippen molar-refractivity contribution in [1.29, 1.82) is 0 Å². The van der Waals surface area contributed by atoms with E-state index in [9.17, 15) is 9.59 Å². The third kappa shape index (κ3) is 2.40. The Balaban J connectivity index is 2.13. The highest BCUT2D eigenvalue weighted by atomic mass is 16.5. The lowest BCUT2D eigenvalue weighted by Gasteiger charge is -2.12. The van der Waals surface area contributed by atoms with Crippen LogP contribution in [0.15, 0.2) is 24.7 Å². The van der Waals surface area contributed by atoms with Crippen molar-refractivity contribution in [2.75, 3.05) is 19.8 Å². The largest absolute Gasteiger partial charge is 0.465 e. The van der Waals surface area contributed by atoms with Gasteiger partial charge in [-0.2, -0.15) is 0 Å². The normalized spacial score (nSPS) is 15.5. The fourth-order valence-corrected chi connectivity index (χ4v) is 2.43. The molecule has 0 atom stereocenters. The van der Waals surface area contributed by atoms with Crippen LogP contribution in [0.3, 0.4) is 0 Å². The van der Waals surface area contributed by atoms with Crippen LogP contribution in [-0.2, 0) is 4.74 Å². The van der Waals surface area contributed by atoms with Crippen LogP contribution in [0.2, 0.25) is 0 Å². The van der Waals surface area contributed by atoms with E-state index in [4.69, 9.17) is 15.6 Å². The van der Waals surface area contributed by atoms with E-state index < -0.39 is 12.0 Å². The Hall–Kier alpha value is -2.87. The average Bonchev–Trinajstić information content (AvgIpc) is 2.83. The summed E-state index contributed by atoms with van der Waals surface area (Å²) in [6, 6.07) is 1.79. The maximum absolute atomic E-state index is 11.4. The van der Waals surface area contributed by atoms with E-state index in [1.165, 1.54) is 17.3 Å². The molecule has 0 aromatic carbocycles. The number of carboxylic acid groups (broad SMARTS) is 1. The molecule has 0 saturated carbocycles. The minimum Gasteiger partial charge on any atom is -0.465 e. The quantitative estimate of drug-likeness (QED) is 0.764. The molecule has 4 N–H and O–H groups in total. The number of carbonyl (C=O) groups excluding carboxylic acids is 1. The summed E-state index contributed by atoms with van der Waals surface area (Å²) in [5, 5.41) is 9.90. The van der Waals surface area contributed by atoms with Gasteiger partial charge in [-0.15, -0.1) is 0 Å². The number of fused-ring (bicyclic) bond motifs is 1. The third-order valence-electron chi connectivity index (χ3n) is 3.47. The van der Waals surface area contributed by atoms with Crippen molar-refractivity contribution < 1.29 is 19.4 Å². The van der Waals surface area contributed by atoms with Gasteiger partial charge in [0.25, 0.3) is 5.91 Å². The second kappa shape index (κ2) is 5.49. The van der Waals surface area contributed by atoms with E-state index >= 15 is 0 Å². The number of pyridine rings is 1. The minimum absolute atomic E-state index is 0.147. The summed E-state index contributed by atoms with van der Waals surface area (Å²) < 4.78 is 5.44. The van der Waals surface area contributed by atoms with E-state index in [-0.39, 0.29) is 18.8 Å². The van der Waals surface area contributed by atoms with Crippen LogP contribution in [0.4, 0.5) is 4.79 Å². The Morgan fingerprint density at radius 2 is 2.27 bits per heavy atom. The van der Waals surface area contributed by atoms with E-state index in [1.807, 2.05) is 0 Å². The fraction of sp³-hybridized carbons (Fsp3) is 0.214. The number of hydrogen-bond donors (Lipinski definition) is 3. The molecule has 8 heteroatoms. The maximum Gasteiger partial charge on any atom is 0.411 e. The van der Waals surface area contributed by atoms with Crippen molar-refractivity contribution in [3.63, 3.8) is 0 Å². The molecule has 3 heterocycles. The van der Waals surface area contributed by atoms with E-state index in [0.717, 1.165) is 5.39 Å². The number of hydrogen-bond acceptors (Lipinski definition) is 4. The van der Waals surface area contributed by atoms with Gasteiger partial charge in [0.1, 0.15) is 0 Å². The molecule has 0 saturated heterocycles. The van der Waals surface area contributed by atoms with Gasteiger partial charge in [0.05, 0.1) is 25.3 Å². The molecule has 8 nitrogen and oxygen atoms in total. The SMILES string of the molecule is NC(=O)c1ncc(C2=CN(C(=O)O)CCOC2)c2cc[nH]c12. The van der Waals surface area contributed by atoms with Crippen molar-refractivity contribution in [2.24, 2.45) is 5.73 Å². The highest BCUT2D eigenvalue weighted by Crippen LogP contribution is 2.27. The maximum atomic E-state index is 11.4. The van der Waals surface area contributed by atoms with Crippen molar-refractivity contribution in [3.05, 3.63) is 35.9 Å². The average molecular weight is 302 g/mol. The zero-order valence-corrected chi connectivity index (χ0v) is 11.6. The molecule has 0 bridgehead atoms. The number of nitrogens with zero attached hydrogens (tertiary/aromatic N) is 2. The van der Waals surface area contributed by atoms with Gasteiger partial charge < -0.3 is 20.6 Å². The van der Waals surface area contributed by atoms with Crippen LogP contribution in [0.5, 0.6) is 0 Å². The number of H-pyrrole nitrogens is 1. The summed E-state index contributed by atoms with van der Waals surface area (Å²) in [6.45, 7) is 0.846. The Morgan fingerprint density at radius 1 is 1.45 bits per heavy atom. The zero-order chi connectivity index (χ0) is 15.7. The number of rotatable bonds is 2. The zero-order valence-electron chi connectivity index (χ0n) is 11.6. The van der Waals surface area contributed by atoms with Crippen LogP contribution in [0.1, 0.15) is 16.1 Å². The van der Waals surface area contributed by atoms with Crippen LogP contribution in [-0.4, -0.2) is 51.7 Å². The number of carbonyl (C=O) groups is 2. The predicted molar refractivity (Wildman–Crippen MR) is 78.1 cm³/mol. The Kier molecular flexibility index (Phi) is 3.51. The van der Waals surface area contributed by atoms with Crippen molar-refractivity contribution in [2.45, 2.75) is 0 Å². The lowest BCUT2D eigenvalue weighted by atomic mass is 10.0. The number of nitrogens with one attached hydrogen (secondary N) is 1. The van der Waals surface area contributed by atoms with Gasteiger partial charge >= 0.3 is 6.09 Å². The standard InChI is InChI=1S/C14H14N4O4/c15-13(19)12-11-9(1-2-16-11)10(5-17-12)8-6-18(14(20)21)3-4-22-7-8/h1-2,5-6,16H,3-4,7H2,(H2,15,19)(H,20,21). The first-order valence-electron chi connectivity index (χ1n) is 6.62. The van der Waals surface area contributed by atoms with E-state index in [1.54, 1.807) is 12.3 Å². The summed E-state index contributed by atoms with van der Waals surface area (Å²) >= 11 is 0. The van der Waals surface area contributed by atoms with Crippen molar-refractivity contribution in [3.8, 4) is 0 Å². The fourth-order valence-electron chi connectivity index (χ4n) is 2.43. The number of aromatic nitrogens is 2. The smallest absolute Gasteiger partial charge is 0.411 e. The number of ether oxygens (including phenoxy) is 1. The summed E-state index contributed by atoms with van der Waals surface area (Å²) in [4.78, 5) is 30.8. The summed E-state index contributed by atoms with van der Waals surface area (Å²) in [6.07, 6.45) is 3.67. The predicted octanol–water partition coefficient (Wildman–Crippen LogP) is 1.01. The molecule has 0 fully saturated rings. The molecule has 0 spiro atoms. The molecule has 0 radical (unpaired) electrons. The number of nitrogens with two attached hydrogens (primary N) is 1. The van der Waals surface area contributed by atoms with Crippen molar-refractivity contribution in [1.82, 2.24) is 14.9 Å². The highest BCUT2D eigenvalue weighted by Gasteiger charge is 2.19. The van der Waals surface area contributed by atoms with Crippen LogP contribution >= 0.6 is 0 Å². The molecule has 3 rings (SSSR count). The first-order chi connectivity index (χ1) is 10.6. The molecule has 22 heavy (non-hydrogen) atoms. The molecule has 114 valence electrons. The van der Waals surface area contributed by atoms with E-state index in [0.29, 0.717) is 23.3 Å². The second-order valence-electron chi connectivity index (χ2n) is 4.83. The van der Waals surface area contributed by atoms with Gasteiger partial charge in [-0.25, -0.2) is 9.78 Å². The molecule has 2 aromatic rings. The topological polar surface area (TPSA) is 122 Å². The minimum atomic E-state index is -1.05. The summed E-state index contributed by atoms with van der Waals surface area (Å²) in [5.41, 5.74) is 7.36. The second-order valence-corrected chi connectivity index (χ2v) is 4.83. The molecule has 2 amide bonds. The Morgan fingerprint density at radius 3 is 3.00 bits per heavy atom. The Bertz CT molecular complexity index is 780. The molecule has 2 aromatic heterocycles. The number of aromatic amines is 1. The summed E-state index contributed by atoms with van der Waals surface area (Å²) in [5.74, 6) is -0.628. The molecular weight excluding hydrogens is 288 g/mol. The number of primary amides is 1. The van der Waals surface area contributed by atoms with Gasteiger partial charge in [0, 0.05) is 35.1 Å². The van der Waals surface area contributed by atoms with Crippen LogP contribution < -0.4 is 5.73 Å². The van der Waals surface area contributed by atoms with Gasteiger partial charge in [-0.05, 0) is 6.07 Å². The molecule has 1 aliphatic heterocycles. The third-order valence-corrected chi connectivity index (χ3v) is 3.47. The summed E-state index contributed by atoms with van der Waals surface area (Å²) in [7, 11) is 0. The molecule has 0 unspecified atom stereocenters. The van der Waals surface area contributed by atoms with Gasteiger partial charge in [-0.1, -0.05) is 0 Å². The van der Waals surface area contributed by atoms with Gasteiger partial charge in [0.15, 0.2) is 5.69 Å². The Labute approximate surface area is 125 Å². The monoisotopic (exact) mass is 302 g/mol. The molecule has 1 aliphatic rings. The first-order valence-corrected chi connectivity index (χ1v) is 6.62. The molecular formula is C14H14N4O4. The first kappa shape index (κ1) is 14.1. The van der Waals surface area contributed by atoms with Crippen LogP contribution in [0.25, 0.3) is 16.5 Å². The van der Waals surface area contributed by atoms with E-state index in [2.05, 4.69) is 9.97 Å². The highest BCUT2D eigenvalue weighted by molar-refractivity contribution is 6.06. The lowest BCUT2D eigenvalue weighted by Crippen LogP contribution is -2.26. The van der Waals surface area contributed by atoms with Crippen LogP contribution in [0, 0.1) is 0 Å².